The van der Waals surface area contributed by atoms with Crippen molar-refractivity contribution in [1.29, 1.82) is 0 Å². The maximum Gasteiger partial charge on any atom is 0.318 e. The van der Waals surface area contributed by atoms with Crippen molar-refractivity contribution in [1.82, 2.24) is 5.32 Å². The summed E-state index contributed by atoms with van der Waals surface area (Å²) < 4.78 is 19.7. The predicted octanol–water partition coefficient (Wildman–Crippen LogP) is 6.92. The largest absolute Gasteiger partial charge is 0.486 e. The third-order valence-corrected chi connectivity index (χ3v) is 6.27. The van der Waals surface area contributed by atoms with Crippen molar-refractivity contribution in [3.8, 4) is 11.5 Å². The van der Waals surface area contributed by atoms with E-state index >= 15 is 0 Å². The Labute approximate surface area is 322 Å². The number of aliphatic hydroxyl groups excluding tert-OH is 1. The summed E-state index contributed by atoms with van der Waals surface area (Å²) in [5, 5.41) is 22.5. The van der Waals surface area contributed by atoms with Gasteiger partial charge in [-0.05, 0) is 64.2 Å². The van der Waals surface area contributed by atoms with E-state index < -0.39 is 11.0 Å². The van der Waals surface area contributed by atoms with Gasteiger partial charge in [0, 0.05) is 25.0 Å². The number of hydrogen-bond acceptors (Lipinski definition) is 12. The van der Waals surface area contributed by atoms with E-state index in [1.807, 2.05) is 7.05 Å². The van der Waals surface area contributed by atoms with Crippen molar-refractivity contribution < 1.29 is 48.2 Å². The van der Waals surface area contributed by atoms with Gasteiger partial charge in [-0.3, -0.25) is 34.1 Å². The molecule has 1 heterocycles. The van der Waals surface area contributed by atoms with Crippen molar-refractivity contribution >= 4 is 52.5 Å². The molecule has 2 atom stereocenters. The molecule has 2 N–H and O–H groups in total. The molecule has 0 bridgehead atoms. The van der Waals surface area contributed by atoms with Crippen LogP contribution in [0.5, 0.6) is 11.5 Å². The Balaban J connectivity index is -0.000000603. The number of carbonyl (C=O) groups is 4. The molecule has 3 rings (SSSR count). The molecular weight excluding hydrogens is 733 g/mol. The Bertz CT molecular complexity index is 1360. The summed E-state index contributed by atoms with van der Waals surface area (Å²) in [6, 6.07) is 10.7. The number of ether oxygens (including phenoxy) is 4. The van der Waals surface area contributed by atoms with E-state index in [-0.39, 0.29) is 49.6 Å². The third kappa shape index (κ3) is 35.9. The maximum atomic E-state index is 11.0. The number of carbonyl (C=O) groups excluding carboxylic acids is 4. The maximum absolute atomic E-state index is 11.0. The number of para-hydroxylation sites is 1. The summed E-state index contributed by atoms with van der Waals surface area (Å²) in [6.07, 6.45) is 5.50. The first-order valence-corrected chi connectivity index (χ1v) is 17.4. The number of epoxide rings is 1. The Kier molecular flexibility index (Phi) is 36.2. The summed E-state index contributed by atoms with van der Waals surface area (Å²) in [6.45, 7) is 19.1. The fraction of sp³-hybridized carbons (Fsp3) is 0.486. The third-order valence-electron chi connectivity index (χ3n) is 5.67. The second-order valence-electron chi connectivity index (χ2n) is 10.3. The number of hydrogen-bond donors (Lipinski definition) is 2. The van der Waals surface area contributed by atoms with Gasteiger partial charge in [0.15, 0.2) is 23.1 Å². The van der Waals surface area contributed by atoms with Gasteiger partial charge in [-0.2, -0.15) is 0 Å². The van der Waals surface area contributed by atoms with Gasteiger partial charge in [-0.1, -0.05) is 63.0 Å². The number of rotatable bonds is 16. The van der Waals surface area contributed by atoms with Crippen LogP contribution in [0.3, 0.4) is 0 Å². The second kappa shape index (κ2) is 36.1. The SMILES string of the molecule is CC(O)/C=C/C=O.CCC(=O)COc1c(Cl)cccc1Cl.CCC(=O)COc1ccc([N+](=O)[O-])cc1.CCC1CO1.CCNC.[C-]#[N+]COCC(C)=O. The number of nitrogens with one attached hydrogen (secondary N) is 1. The molecule has 2 unspecified atom stereocenters. The molecule has 1 aliphatic heterocycles. The van der Waals surface area contributed by atoms with Crippen LogP contribution in [0.4, 0.5) is 5.69 Å². The number of aldehydes is 1. The summed E-state index contributed by atoms with van der Waals surface area (Å²) in [5.41, 5.74) is 0.00386. The normalized spacial score (nSPS) is 12.3. The zero-order chi connectivity index (χ0) is 41.0. The molecule has 296 valence electrons. The average molecular weight is 787 g/mol. The van der Waals surface area contributed by atoms with Crippen LogP contribution >= 0.6 is 23.2 Å². The minimum absolute atomic E-state index is 0.00386. The number of non-ortho nitro benzene ring substituents is 1. The Morgan fingerprint density at radius 3 is 1.87 bits per heavy atom. The smallest absolute Gasteiger partial charge is 0.318 e. The first kappa shape index (κ1) is 53.1. The molecule has 14 nitrogen and oxygen atoms in total. The van der Waals surface area contributed by atoms with Crippen molar-refractivity contribution in [2.75, 3.05) is 46.8 Å². The van der Waals surface area contributed by atoms with Gasteiger partial charge in [-0.15, -0.1) is 0 Å². The highest BCUT2D eigenvalue weighted by atomic mass is 35.5. The van der Waals surface area contributed by atoms with E-state index in [0.717, 1.165) is 13.2 Å². The van der Waals surface area contributed by atoms with Gasteiger partial charge in [0.1, 0.15) is 31.9 Å². The summed E-state index contributed by atoms with van der Waals surface area (Å²) in [4.78, 5) is 54.3. The topological polar surface area (TPSA) is 188 Å². The van der Waals surface area contributed by atoms with Crippen molar-refractivity contribution in [3.63, 3.8) is 0 Å². The van der Waals surface area contributed by atoms with E-state index in [9.17, 15) is 29.3 Å². The molecule has 0 saturated carbocycles. The van der Waals surface area contributed by atoms with Gasteiger partial charge in [0.25, 0.3) is 5.69 Å². The van der Waals surface area contributed by atoms with Crippen LogP contribution in [-0.4, -0.2) is 92.6 Å². The monoisotopic (exact) mass is 785 g/mol. The molecule has 1 aliphatic rings. The van der Waals surface area contributed by atoms with E-state index in [2.05, 4.69) is 28.7 Å². The molecule has 2 aromatic rings. The molecule has 16 heteroatoms. The van der Waals surface area contributed by atoms with Gasteiger partial charge in [0.2, 0.25) is 0 Å². The molecule has 0 spiro atoms. The lowest BCUT2D eigenvalue weighted by Crippen LogP contribution is -2.09. The van der Waals surface area contributed by atoms with Crippen molar-refractivity contribution in [2.45, 2.75) is 73.0 Å². The van der Waals surface area contributed by atoms with Crippen LogP contribution in [0.25, 0.3) is 4.85 Å². The number of nitro benzene ring substituents is 1. The van der Waals surface area contributed by atoms with Crippen LogP contribution in [0.2, 0.25) is 10.0 Å². The highest BCUT2D eigenvalue weighted by Crippen LogP contribution is 2.32. The van der Waals surface area contributed by atoms with Gasteiger partial charge in [-0.25, -0.2) is 6.57 Å². The van der Waals surface area contributed by atoms with Gasteiger partial charge < -0.3 is 29.4 Å². The summed E-state index contributed by atoms with van der Waals surface area (Å²) >= 11 is 11.7. The van der Waals surface area contributed by atoms with Gasteiger partial charge in [0.05, 0.1) is 33.8 Å². The Morgan fingerprint density at radius 2 is 1.55 bits per heavy atom. The number of benzene rings is 2. The van der Waals surface area contributed by atoms with Crippen LogP contribution < -0.4 is 14.8 Å². The molecule has 53 heavy (non-hydrogen) atoms. The zero-order valence-electron chi connectivity index (χ0n) is 31.5. The molecular formula is C37H53Cl2N3O11. The molecule has 2 aromatic carbocycles. The number of allylic oxidation sites excluding steroid dienone is 1. The van der Waals surface area contributed by atoms with Crippen LogP contribution in [0.15, 0.2) is 54.6 Å². The quantitative estimate of drug-likeness (QED) is 0.0341. The highest BCUT2D eigenvalue weighted by Gasteiger charge is 2.18. The average Bonchev–Trinajstić information content (AvgIpc) is 3.99. The summed E-state index contributed by atoms with van der Waals surface area (Å²) in [7, 11) is 1.93. The number of nitrogens with zero attached hydrogens (tertiary/aromatic N) is 2. The van der Waals surface area contributed by atoms with Crippen molar-refractivity contribution in [2.24, 2.45) is 0 Å². The Morgan fingerprint density at radius 1 is 1.04 bits per heavy atom. The van der Waals surface area contributed by atoms with E-state index in [4.69, 9.17) is 49.1 Å². The minimum Gasteiger partial charge on any atom is -0.486 e. The second-order valence-corrected chi connectivity index (χ2v) is 11.1. The Hall–Kier alpha value is -4.23. The first-order chi connectivity index (χ1) is 25.2. The van der Waals surface area contributed by atoms with Crippen LogP contribution in [0.1, 0.15) is 60.8 Å². The molecule has 1 fully saturated rings. The number of nitro groups is 1. The van der Waals surface area contributed by atoms with Crippen molar-refractivity contribution in [3.05, 3.63) is 86.2 Å². The number of Topliss-reactive ketones (excluding diaryl/α,β-unsaturated/α-hetero) is 3. The fourth-order valence-electron chi connectivity index (χ4n) is 2.55. The highest BCUT2D eigenvalue weighted by molar-refractivity contribution is 6.37. The zero-order valence-corrected chi connectivity index (χ0v) is 33.0. The lowest BCUT2D eigenvalue weighted by atomic mass is 10.3. The number of ketones is 3. The van der Waals surface area contributed by atoms with E-state index in [1.54, 1.807) is 39.0 Å². The number of aliphatic hydroxyl groups is 1. The standard InChI is InChI=1S/C10H10Cl2O2.C10H11NO4.C5H7NO2.C5H8O2.C4H8O.C3H9N/c1-2-7(13)6-14-10-8(11)4-3-5-9(10)12;1-2-9(12)7-15-10-5-3-8(4-6-10)11(13)14;1-5(7)3-8-4-6-2;1-5(7)3-2-4-6;1-2-4-3-5-4;1-3-4-2/h3-5H,2,6H2,1H3;3-6H,2,7H2,1H3;3-4H2,1H3;2-5,7H,1H3;4H,2-3H2,1H3;4H,3H2,1-2H3/b;;;3-2+;;. The molecule has 0 aromatic heterocycles. The van der Waals surface area contributed by atoms with Crippen LogP contribution in [0, 0.1) is 16.7 Å². The van der Waals surface area contributed by atoms with E-state index in [1.165, 1.54) is 49.8 Å². The van der Waals surface area contributed by atoms with Crippen LogP contribution in [-0.2, 0) is 28.7 Å². The molecule has 0 radical (unpaired) electrons. The minimum atomic E-state index is -0.509. The molecule has 1 saturated heterocycles. The van der Waals surface area contributed by atoms with E-state index in [0.29, 0.717) is 46.8 Å². The lowest BCUT2D eigenvalue weighted by Gasteiger charge is -2.07. The molecule has 0 aliphatic carbocycles. The lowest BCUT2D eigenvalue weighted by molar-refractivity contribution is -0.384. The predicted molar refractivity (Wildman–Crippen MR) is 206 cm³/mol. The number of halogens is 2. The molecule has 0 amide bonds. The fourth-order valence-corrected chi connectivity index (χ4v) is 3.06. The summed E-state index contributed by atoms with van der Waals surface area (Å²) in [5.74, 6) is 0.794. The first-order valence-electron chi connectivity index (χ1n) is 16.6. The van der Waals surface area contributed by atoms with Gasteiger partial charge >= 0.3 is 6.73 Å².